The molecule has 4 aliphatic rings. The van der Waals surface area contributed by atoms with E-state index in [4.69, 9.17) is 25.8 Å². The molecule has 2 aromatic heterocycles. The van der Waals surface area contributed by atoms with Crippen LogP contribution in [-0.4, -0.2) is 32.0 Å². The lowest BCUT2D eigenvalue weighted by Gasteiger charge is -2.61. The molecular formula is C23H24ClN5O4. The topological polar surface area (TPSA) is 109 Å². The van der Waals surface area contributed by atoms with E-state index in [0.717, 1.165) is 32.1 Å². The Morgan fingerprint density at radius 1 is 1.30 bits per heavy atom. The smallest absolute Gasteiger partial charge is 0.307 e. The molecule has 2 unspecified atom stereocenters. The molecule has 0 aliphatic heterocycles. The largest absolute Gasteiger partial charge is 0.496 e. The number of aromatic nitrogens is 4. The average Bonchev–Trinajstić information content (AvgIpc) is 3.43. The fourth-order valence-electron chi connectivity index (χ4n) is 7.16. The van der Waals surface area contributed by atoms with Crippen molar-refractivity contribution in [3.63, 3.8) is 0 Å². The minimum Gasteiger partial charge on any atom is -0.496 e. The maximum absolute atomic E-state index is 11.2. The lowest BCUT2D eigenvalue weighted by Crippen LogP contribution is -2.57. The van der Waals surface area contributed by atoms with Crippen molar-refractivity contribution in [3.8, 4) is 17.1 Å². The van der Waals surface area contributed by atoms with Crippen LogP contribution in [0.5, 0.6) is 5.75 Å². The van der Waals surface area contributed by atoms with Gasteiger partial charge in [-0.25, -0.2) is 0 Å². The molecule has 10 heteroatoms. The molecule has 0 saturated heterocycles. The Labute approximate surface area is 195 Å². The van der Waals surface area contributed by atoms with Crippen LogP contribution in [0.15, 0.2) is 35.1 Å². The molecule has 4 bridgehead atoms. The first-order valence-electron chi connectivity index (χ1n) is 11.2. The number of nitro groups is 1. The van der Waals surface area contributed by atoms with E-state index in [9.17, 15) is 10.1 Å². The highest BCUT2D eigenvalue weighted by atomic mass is 35.5. The Balaban J connectivity index is 1.30. The maximum Gasteiger partial charge on any atom is 0.307 e. The minimum absolute atomic E-state index is 0.0348. The molecule has 2 heterocycles. The zero-order valence-corrected chi connectivity index (χ0v) is 19.0. The highest BCUT2D eigenvalue weighted by Crippen LogP contribution is 2.65. The van der Waals surface area contributed by atoms with E-state index in [1.807, 2.05) is 4.68 Å². The molecule has 1 aromatic carbocycles. The van der Waals surface area contributed by atoms with Crippen LogP contribution in [-0.2, 0) is 12.0 Å². The van der Waals surface area contributed by atoms with Gasteiger partial charge in [-0.2, -0.15) is 10.1 Å². The van der Waals surface area contributed by atoms with Crippen LogP contribution in [0.3, 0.4) is 0 Å². The molecule has 0 amide bonds. The number of hydrogen-bond donors (Lipinski definition) is 0. The average molecular weight is 470 g/mol. The summed E-state index contributed by atoms with van der Waals surface area (Å²) in [6.07, 6.45) is 10.1. The summed E-state index contributed by atoms with van der Waals surface area (Å²) in [5, 5.41) is 20.5. The summed E-state index contributed by atoms with van der Waals surface area (Å²) < 4.78 is 13.0. The van der Waals surface area contributed by atoms with Gasteiger partial charge < -0.3 is 9.26 Å². The molecule has 4 fully saturated rings. The monoisotopic (exact) mass is 469 g/mol. The summed E-state index contributed by atoms with van der Waals surface area (Å²) in [7, 11) is 1.60. The van der Waals surface area contributed by atoms with Gasteiger partial charge >= 0.3 is 5.69 Å². The fraction of sp³-hybridized carbons (Fsp3) is 0.522. The van der Waals surface area contributed by atoms with Gasteiger partial charge in [0.2, 0.25) is 11.7 Å². The Hall–Kier alpha value is -2.94. The highest BCUT2D eigenvalue weighted by Gasteiger charge is 2.59. The molecule has 0 radical (unpaired) electrons. The van der Waals surface area contributed by atoms with Gasteiger partial charge in [0, 0.05) is 11.4 Å². The second-order valence-corrected chi connectivity index (χ2v) is 10.6. The first-order valence-corrected chi connectivity index (χ1v) is 11.6. The molecule has 9 nitrogen and oxygen atoms in total. The Kier molecular flexibility index (Phi) is 4.56. The SMILES string of the molecule is COc1ccc(Cl)cc1-c1noc(CC23CC4CC(C2)CC(n2cc([N+](=O)[O-])cn2)(C4)C3)n1. The van der Waals surface area contributed by atoms with Crippen LogP contribution >= 0.6 is 11.6 Å². The van der Waals surface area contributed by atoms with Crippen LogP contribution in [0, 0.1) is 27.4 Å². The number of nitrogens with zero attached hydrogens (tertiary/aromatic N) is 5. The molecule has 172 valence electrons. The van der Waals surface area contributed by atoms with Gasteiger partial charge in [-0.15, -0.1) is 0 Å². The summed E-state index contributed by atoms with van der Waals surface area (Å²) in [6, 6.07) is 5.33. The Bertz CT molecular complexity index is 1220. The molecule has 4 aliphatic carbocycles. The third-order valence-corrected chi connectivity index (χ3v) is 8.05. The lowest BCUT2D eigenvalue weighted by molar-refractivity contribution is -0.385. The van der Waals surface area contributed by atoms with E-state index < -0.39 is 0 Å². The van der Waals surface area contributed by atoms with Gasteiger partial charge in [-0.05, 0) is 74.0 Å². The first kappa shape index (κ1) is 20.7. The minimum atomic E-state index is -0.371. The predicted octanol–water partition coefficient (Wildman–Crippen LogP) is 5.04. The van der Waals surface area contributed by atoms with Crippen LogP contribution in [0.2, 0.25) is 5.02 Å². The third-order valence-electron chi connectivity index (χ3n) is 7.81. The number of ether oxygens (including phenoxy) is 1. The van der Waals surface area contributed by atoms with E-state index in [-0.39, 0.29) is 21.6 Å². The summed E-state index contributed by atoms with van der Waals surface area (Å²) in [6.45, 7) is 0. The Morgan fingerprint density at radius 2 is 2.09 bits per heavy atom. The van der Waals surface area contributed by atoms with Crippen molar-refractivity contribution in [2.45, 2.75) is 50.5 Å². The number of rotatable bonds is 6. The summed E-state index contributed by atoms with van der Waals surface area (Å²) in [5.41, 5.74) is 0.618. The summed E-state index contributed by atoms with van der Waals surface area (Å²) in [4.78, 5) is 15.6. The van der Waals surface area contributed by atoms with Crippen molar-refractivity contribution in [2.24, 2.45) is 17.3 Å². The van der Waals surface area contributed by atoms with Gasteiger partial charge in [0.05, 0.1) is 23.1 Å². The van der Waals surface area contributed by atoms with Crippen molar-refractivity contribution in [1.29, 1.82) is 0 Å². The van der Waals surface area contributed by atoms with Crippen LogP contribution in [0.4, 0.5) is 5.69 Å². The van der Waals surface area contributed by atoms with Crippen LogP contribution in [0.25, 0.3) is 11.4 Å². The standard InChI is InChI=1S/C23H24ClN5O4/c1-32-19-3-2-16(24)5-18(19)21-26-20(33-27-21)10-22-6-14-4-15(7-22)9-23(8-14,13-22)28-12-17(11-25-28)29(30)31/h2-3,5,11-12,14-15H,4,6-10,13H2,1H3. The molecule has 7 rings (SSSR count). The zero-order valence-electron chi connectivity index (χ0n) is 18.2. The quantitative estimate of drug-likeness (QED) is 0.367. The Morgan fingerprint density at radius 3 is 2.79 bits per heavy atom. The van der Waals surface area contributed by atoms with E-state index >= 15 is 0 Å². The van der Waals surface area contributed by atoms with Gasteiger partial charge in [0.1, 0.15) is 18.1 Å². The van der Waals surface area contributed by atoms with Crippen molar-refractivity contribution in [3.05, 3.63) is 51.6 Å². The highest BCUT2D eigenvalue weighted by molar-refractivity contribution is 6.30. The second-order valence-electron chi connectivity index (χ2n) is 10.1. The van der Waals surface area contributed by atoms with E-state index in [1.165, 1.54) is 12.6 Å². The van der Waals surface area contributed by atoms with Crippen molar-refractivity contribution in [2.75, 3.05) is 7.11 Å². The van der Waals surface area contributed by atoms with E-state index in [0.29, 0.717) is 46.3 Å². The maximum atomic E-state index is 11.2. The number of methoxy groups -OCH3 is 1. The molecule has 4 saturated carbocycles. The molecule has 0 N–H and O–H groups in total. The van der Waals surface area contributed by atoms with Crippen molar-refractivity contribution < 1.29 is 14.2 Å². The fourth-order valence-corrected chi connectivity index (χ4v) is 7.33. The zero-order chi connectivity index (χ0) is 22.8. The molecular weight excluding hydrogens is 446 g/mol. The molecule has 0 spiro atoms. The lowest BCUT2D eigenvalue weighted by atomic mass is 9.46. The third kappa shape index (κ3) is 3.40. The predicted molar refractivity (Wildman–Crippen MR) is 119 cm³/mol. The van der Waals surface area contributed by atoms with Crippen LogP contribution < -0.4 is 4.74 Å². The van der Waals surface area contributed by atoms with E-state index in [2.05, 4.69) is 10.3 Å². The molecule has 33 heavy (non-hydrogen) atoms. The number of hydrogen-bond acceptors (Lipinski definition) is 7. The second kappa shape index (κ2) is 7.28. The normalized spacial score (nSPS) is 30.0. The molecule has 2 atom stereocenters. The molecule has 3 aromatic rings. The van der Waals surface area contributed by atoms with Crippen molar-refractivity contribution >= 4 is 17.3 Å². The van der Waals surface area contributed by atoms with E-state index in [1.54, 1.807) is 31.5 Å². The number of halogens is 1. The van der Waals surface area contributed by atoms with Crippen molar-refractivity contribution in [1.82, 2.24) is 19.9 Å². The number of benzene rings is 1. The van der Waals surface area contributed by atoms with Gasteiger partial charge in [-0.3, -0.25) is 14.8 Å². The summed E-state index contributed by atoms with van der Waals surface area (Å²) >= 11 is 6.18. The van der Waals surface area contributed by atoms with Gasteiger partial charge in [0.15, 0.2) is 0 Å². The first-order chi connectivity index (χ1) is 15.9. The summed E-state index contributed by atoms with van der Waals surface area (Å²) in [5.74, 6) is 2.89. The van der Waals surface area contributed by atoms with Gasteiger partial charge in [0.25, 0.3) is 0 Å². The van der Waals surface area contributed by atoms with Gasteiger partial charge in [-0.1, -0.05) is 16.8 Å². The van der Waals surface area contributed by atoms with Crippen LogP contribution in [0.1, 0.15) is 44.4 Å².